The van der Waals surface area contributed by atoms with Crippen LogP contribution in [-0.4, -0.2) is 29.5 Å². The summed E-state index contributed by atoms with van der Waals surface area (Å²) in [6.45, 7) is 4.83. The van der Waals surface area contributed by atoms with Gasteiger partial charge in [-0.15, -0.1) is 0 Å². The van der Waals surface area contributed by atoms with Crippen LogP contribution in [0.4, 0.5) is 11.5 Å². The molecule has 2 aromatic heterocycles. The molecule has 5 nitrogen and oxygen atoms in total. The van der Waals surface area contributed by atoms with Crippen LogP contribution in [0.2, 0.25) is 0 Å². The van der Waals surface area contributed by atoms with E-state index in [1.807, 2.05) is 63.4 Å². The van der Waals surface area contributed by atoms with Crippen molar-refractivity contribution < 1.29 is 4.79 Å². The number of nitrogens with one attached hydrogen (secondary N) is 1. The standard InChI is InChI=1S/C22H24N4O/c1-16-4-5-17(2)20(14-16)25-22(27)19-6-7-21(24-15-19)26(3)13-10-18-8-11-23-12-9-18/h4-9,11-12,14-15H,10,13H2,1-3H3,(H,25,27). The molecule has 0 bridgehead atoms. The van der Waals surface area contributed by atoms with Crippen LogP contribution in [0.15, 0.2) is 61.1 Å². The van der Waals surface area contributed by atoms with Gasteiger partial charge < -0.3 is 10.2 Å². The highest BCUT2D eigenvalue weighted by molar-refractivity contribution is 6.04. The lowest BCUT2D eigenvalue weighted by Gasteiger charge is -2.18. The lowest BCUT2D eigenvalue weighted by atomic mass is 10.1. The van der Waals surface area contributed by atoms with Crippen molar-refractivity contribution >= 4 is 17.4 Å². The number of nitrogens with zero attached hydrogens (tertiary/aromatic N) is 3. The lowest BCUT2D eigenvalue weighted by molar-refractivity contribution is 0.102. The molecule has 0 unspecified atom stereocenters. The first-order valence-electron chi connectivity index (χ1n) is 8.97. The topological polar surface area (TPSA) is 58.1 Å². The Bertz CT molecular complexity index is 907. The van der Waals surface area contributed by atoms with Gasteiger partial charge in [-0.05, 0) is 67.3 Å². The van der Waals surface area contributed by atoms with Crippen molar-refractivity contribution in [2.45, 2.75) is 20.3 Å². The summed E-state index contributed by atoms with van der Waals surface area (Å²) < 4.78 is 0. The van der Waals surface area contributed by atoms with Gasteiger partial charge in [0, 0.05) is 37.9 Å². The molecule has 3 aromatic rings. The van der Waals surface area contributed by atoms with E-state index in [4.69, 9.17) is 0 Å². The van der Waals surface area contributed by atoms with E-state index in [1.165, 1.54) is 5.56 Å². The van der Waals surface area contributed by atoms with Gasteiger partial charge in [0.25, 0.3) is 5.91 Å². The molecule has 1 amide bonds. The van der Waals surface area contributed by atoms with E-state index in [0.29, 0.717) is 5.56 Å². The molecule has 0 saturated carbocycles. The number of pyridine rings is 2. The Labute approximate surface area is 160 Å². The number of amides is 1. The Morgan fingerprint density at radius 3 is 2.56 bits per heavy atom. The predicted molar refractivity (Wildman–Crippen MR) is 109 cm³/mol. The van der Waals surface area contributed by atoms with Gasteiger partial charge in [-0.3, -0.25) is 9.78 Å². The number of hydrogen-bond acceptors (Lipinski definition) is 4. The van der Waals surface area contributed by atoms with Gasteiger partial charge in [0.15, 0.2) is 0 Å². The molecule has 0 aliphatic carbocycles. The number of benzene rings is 1. The zero-order valence-electron chi connectivity index (χ0n) is 15.9. The third-order valence-electron chi connectivity index (χ3n) is 4.53. The average molecular weight is 360 g/mol. The number of carbonyl (C=O) groups is 1. The summed E-state index contributed by atoms with van der Waals surface area (Å²) in [7, 11) is 2.00. The van der Waals surface area contributed by atoms with Crippen LogP contribution in [0.5, 0.6) is 0 Å². The highest BCUT2D eigenvalue weighted by atomic mass is 16.1. The van der Waals surface area contributed by atoms with Crippen LogP contribution in [0.25, 0.3) is 0 Å². The first-order chi connectivity index (χ1) is 13.0. The van der Waals surface area contributed by atoms with E-state index in [9.17, 15) is 4.79 Å². The molecule has 3 rings (SSSR count). The van der Waals surface area contributed by atoms with Crippen molar-refractivity contribution in [3.63, 3.8) is 0 Å². The Morgan fingerprint density at radius 2 is 1.85 bits per heavy atom. The number of likely N-dealkylation sites (N-methyl/N-ethyl adjacent to an activating group) is 1. The largest absolute Gasteiger partial charge is 0.359 e. The molecular formula is C22H24N4O. The number of hydrogen-bond donors (Lipinski definition) is 1. The Hall–Kier alpha value is -3.21. The quantitative estimate of drug-likeness (QED) is 0.721. The van der Waals surface area contributed by atoms with E-state index in [1.54, 1.807) is 18.6 Å². The normalized spacial score (nSPS) is 10.5. The van der Waals surface area contributed by atoms with Crippen molar-refractivity contribution in [3.05, 3.63) is 83.3 Å². The van der Waals surface area contributed by atoms with Gasteiger partial charge in [0.05, 0.1) is 5.56 Å². The Morgan fingerprint density at radius 1 is 1.07 bits per heavy atom. The molecule has 2 heterocycles. The number of rotatable bonds is 6. The molecule has 0 spiro atoms. The number of anilines is 2. The number of aryl methyl sites for hydroxylation is 2. The van der Waals surface area contributed by atoms with Crippen LogP contribution in [0.1, 0.15) is 27.0 Å². The molecule has 138 valence electrons. The Balaban J connectivity index is 1.62. The lowest BCUT2D eigenvalue weighted by Crippen LogP contribution is -2.22. The molecule has 0 radical (unpaired) electrons. The molecule has 0 fully saturated rings. The summed E-state index contributed by atoms with van der Waals surface area (Å²) in [6, 6.07) is 13.7. The van der Waals surface area contributed by atoms with E-state index >= 15 is 0 Å². The second-order valence-electron chi connectivity index (χ2n) is 6.70. The molecule has 0 saturated heterocycles. The van der Waals surface area contributed by atoms with Crippen molar-refractivity contribution in [2.24, 2.45) is 0 Å². The zero-order chi connectivity index (χ0) is 19.2. The summed E-state index contributed by atoms with van der Waals surface area (Å²) in [5, 5.41) is 2.96. The monoisotopic (exact) mass is 360 g/mol. The van der Waals surface area contributed by atoms with Gasteiger partial charge in [0.2, 0.25) is 0 Å². The Kier molecular flexibility index (Phi) is 5.81. The maximum Gasteiger partial charge on any atom is 0.257 e. The average Bonchev–Trinajstić information content (AvgIpc) is 2.70. The van der Waals surface area contributed by atoms with Gasteiger partial charge in [-0.1, -0.05) is 12.1 Å². The SMILES string of the molecule is Cc1ccc(C)c(NC(=O)c2ccc(N(C)CCc3ccncc3)nc2)c1. The summed E-state index contributed by atoms with van der Waals surface area (Å²) in [6.07, 6.45) is 6.14. The molecular weight excluding hydrogens is 336 g/mol. The fraction of sp³-hybridized carbons (Fsp3) is 0.227. The predicted octanol–water partition coefficient (Wildman–Crippen LogP) is 4.02. The van der Waals surface area contributed by atoms with E-state index < -0.39 is 0 Å². The van der Waals surface area contributed by atoms with Crippen LogP contribution in [-0.2, 0) is 6.42 Å². The maximum atomic E-state index is 12.5. The van der Waals surface area contributed by atoms with Gasteiger partial charge in [-0.2, -0.15) is 0 Å². The minimum atomic E-state index is -0.151. The van der Waals surface area contributed by atoms with Gasteiger partial charge >= 0.3 is 0 Å². The van der Waals surface area contributed by atoms with Crippen LogP contribution < -0.4 is 10.2 Å². The highest BCUT2D eigenvalue weighted by Crippen LogP contribution is 2.18. The summed E-state index contributed by atoms with van der Waals surface area (Å²) in [5.74, 6) is 0.689. The van der Waals surface area contributed by atoms with E-state index in [-0.39, 0.29) is 5.91 Å². The molecule has 0 aliphatic rings. The fourth-order valence-corrected chi connectivity index (χ4v) is 2.77. The molecule has 5 heteroatoms. The fourth-order valence-electron chi connectivity index (χ4n) is 2.77. The van der Waals surface area contributed by atoms with Crippen LogP contribution >= 0.6 is 0 Å². The third kappa shape index (κ3) is 4.91. The second-order valence-corrected chi connectivity index (χ2v) is 6.70. The van der Waals surface area contributed by atoms with Crippen molar-refractivity contribution in [2.75, 3.05) is 23.8 Å². The summed E-state index contributed by atoms with van der Waals surface area (Å²) in [4.78, 5) is 23.1. The smallest absolute Gasteiger partial charge is 0.257 e. The first kappa shape index (κ1) is 18.6. The second kappa shape index (κ2) is 8.45. The molecule has 0 aliphatic heterocycles. The summed E-state index contributed by atoms with van der Waals surface area (Å²) >= 11 is 0. The van der Waals surface area contributed by atoms with Crippen LogP contribution in [0, 0.1) is 13.8 Å². The number of carbonyl (C=O) groups excluding carboxylic acids is 1. The minimum Gasteiger partial charge on any atom is -0.359 e. The van der Waals surface area contributed by atoms with E-state index in [0.717, 1.165) is 35.6 Å². The molecule has 1 aromatic carbocycles. The maximum absolute atomic E-state index is 12.5. The van der Waals surface area contributed by atoms with Crippen molar-refractivity contribution in [1.82, 2.24) is 9.97 Å². The van der Waals surface area contributed by atoms with Gasteiger partial charge in [-0.25, -0.2) is 4.98 Å². The van der Waals surface area contributed by atoms with Crippen LogP contribution in [0.3, 0.4) is 0 Å². The molecule has 27 heavy (non-hydrogen) atoms. The van der Waals surface area contributed by atoms with Crippen molar-refractivity contribution in [3.8, 4) is 0 Å². The third-order valence-corrected chi connectivity index (χ3v) is 4.53. The zero-order valence-corrected chi connectivity index (χ0v) is 15.9. The minimum absolute atomic E-state index is 0.151. The summed E-state index contributed by atoms with van der Waals surface area (Å²) in [5.41, 5.74) is 4.76. The first-order valence-corrected chi connectivity index (χ1v) is 8.97. The number of aromatic nitrogens is 2. The van der Waals surface area contributed by atoms with Gasteiger partial charge in [0.1, 0.15) is 5.82 Å². The highest BCUT2D eigenvalue weighted by Gasteiger charge is 2.10. The van der Waals surface area contributed by atoms with E-state index in [2.05, 4.69) is 20.2 Å². The molecule has 1 N–H and O–H groups in total. The molecule has 0 atom stereocenters. The van der Waals surface area contributed by atoms with Crippen molar-refractivity contribution in [1.29, 1.82) is 0 Å².